The highest BCUT2D eigenvalue weighted by molar-refractivity contribution is 6.30. The molecule has 134 valence electrons. The van der Waals surface area contributed by atoms with Gasteiger partial charge in [-0.05, 0) is 23.8 Å². The van der Waals surface area contributed by atoms with Crippen LogP contribution in [0.3, 0.4) is 0 Å². The number of amides is 1. The third-order valence-electron chi connectivity index (χ3n) is 4.90. The number of hydrogen-bond acceptors (Lipinski definition) is 3. The fourth-order valence-electron chi connectivity index (χ4n) is 3.47. The predicted molar refractivity (Wildman–Crippen MR) is 103 cm³/mol. The molecule has 4 rings (SSSR count). The van der Waals surface area contributed by atoms with Gasteiger partial charge in [0.05, 0.1) is 16.7 Å². The number of piperazine rings is 1. The molecule has 1 saturated heterocycles. The molecule has 26 heavy (non-hydrogen) atoms. The van der Waals surface area contributed by atoms with Gasteiger partial charge < -0.3 is 4.90 Å². The average molecular weight is 369 g/mol. The highest BCUT2D eigenvalue weighted by Crippen LogP contribution is 2.23. The molecule has 0 atom stereocenters. The number of halogens is 1. The molecule has 1 aliphatic rings. The Morgan fingerprint density at radius 2 is 1.96 bits per heavy atom. The fourth-order valence-corrected chi connectivity index (χ4v) is 3.63. The van der Waals surface area contributed by atoms with Crippen LogP contribution >= 0.6 is 11.6 Å². The lowest BCUT2D eigenvalue weighted by Crippen LogP contribution is -2.47. The van der Waals surface area contributed by atoms with E-state index in [-0.39, 0.29) is 5.91 Å². The first-order valence-electron chi connectivity index (χ1n) is 8.80. The quantitative estimate of drug-likeness (QED) is 0.712. The number of aromatic nitrogens is 2. The maximum absolute atomic E-state index is 11.5. The van der Waals surface area contributed by atoms with Gasteiger partial charge in [-0.2, -0.15) is 0 Å². The van der Waals surface area contributed by atoms with E-state index in [0.29, 0.717) is 5.02 Å². The number of imidazole rings is 1. The van der Waals surface area contributed by atoms with Crippen LogP contribution in [0.2, 0.25) is 5.02 Å². The van der Waals surface area contributed by atoms with E-state index < -0.39 is 0 Å². The summed E-state index contributed by atoms with van der Waals surface area (Å²) in [7, 11) is 0. The molecule has 0 bridgehead atoms. The minimum absolute atomic E-state index is 0.163. The van der Waals surface area contributed by atoms with Crippen molar-refractivity contribution >= 4 is 23.0 Å². The number of hydrogen-bond donors (Lipinski definition) is 0. The lowest BCUT2D eigenvalue weighted by molar-refractivity contribution is -0.130. The maximum atomic E-state index is 11.5. The van der Waals surface area contributed by atoms with Crippen LogP contribution in [0.1, 0.15) is 12.5 Å². The Labute approximate surface area is 157 Å². The van der Waals surface area contributed by atoms with Gasteiger partial charge in [-0.25, -0.2) is 4.98 Å². The monoisotopic (exact) mass is 368 g/mol. The summed E-state index contributed by atoms with van der Waals surface area (Å²) in [6.45, 7) is 5.94. The van der Waals surface area contributed by atoms with E-state index in [1.807, 2.05) is 33.8 Å². The van der Waals surface area contributed by atoms with E-state index in [9.17, 15) is 4.79 Å². The van der Waals surface area contributed by atoms with Crippen molar-refractivity contribution < 1.29 is 4.79 Å². The van der Waals surface area contributed by atoms with Crippen LogP contribution in [-0.2, 0) is 11.3 Å². The van der Waals surface area contributed by atoms with Crippen molar-refractivity contribution in [3.63, 3.8) is 0 Å². The second-order valence-electron chi connectivity index (χ2n) is 6.71. The summed E-state index contributed by atoms with van der Waals surface area (Å²) in [6, 6.07) is 12.3. The van der Waals surface area contributed by atoms with Crippen LogP contribution < -0.4 is 0 Å². The molecule has 0 saturated carbocycles. The summed E-state index contributed by atoms with van der Waals surface area (Å²) in [5.41, 5.74) is 3.35. The van der Waals surface area contributed by atoms with E-state index >= 15 is 0 Å². The zero-order chi connectivity index (χ0) is 18.1. The first kappa shape index (κ1) is 17.1. The number of rotatable bonds is 3. The molecule has 3 aromatic rings. The third-order valence-corrected chi connectivity index (χ3v) is 5.12. The molecular formula is C20H21ClN4O. The molecule has 1 fully saturated rings. The van der Waals surface area contributed by atoms with Crippen LogP contribution in [0.4, 0.5) is 0 Å². The molecule has 1 aromatic carbocycles. The van der Waals surface area contributed by atoms with E-state index in [2.05, 4.69) is 34.1 Å². The minimum atomic E-state index is 0.163. The molecule has 0 spiro atoms. The van der Waals surface area contributed by atoms with E-state index in [1.54, 1.807) is 6.92 Å². The number of nitrogens with zero attached hydrogens (tertiary/aromatic N) is 4. The highest BCUT2D eigenvalue weighted by Gasteiger charge is 2.18. The number of carbonyl (C=O) groups is 1. The van der Waals surface area contributed by atoms with Crippen molar-refractivity contribution in [3.8, 4) is 11.4 Å². The minimum Gasteiger partial charge on any atom is -0.340 e. The molecular weight excluding hydrogens is 348 g/mol. The molecule has 1 amide bonds. The molecule has 6 heteroatoms. The Balaban J connectivity index is 1.53. The summed E-state index contributed by atoms with van der Waals surface area (Å²) < 4.78 is 2.02. The van der Waals surface area contributed by atoms with Gasteiger partial charge in [0, 0.05) is 51.4 Å². The Hall–Kier alpha value is -2.37. The van der Waals surface area contributed by atoms with Gasteiger partial charge in [-0.3, -0.25) is 14.1 Å². The number of benzene rings is 1. The van der Waals surface area contributed by atoms with Crippen LogP contribution in [-0.4, -0.2) is 51.3 Å². The van der Waals surface area contributed by atoms with Crippen molar-refractivity contribution in [1.82, 2.24) is 19.2 Å². The van der Waals surface area contributed by atoms with Gasteiger partial charge in [0.25, 0.3) is 0 Å². The number of carbonyl (C=O) groups excluding carboxylic acids is 1. The van der Waals surface area contributed by atoms with Gasteiger partial charge in [-0.1, -0.05) is 29.8 Å². The first-order valence-corrected chi connectivity index (χ1v) is 9.18. The number of pyridine rings is 1. The summed E-state index contributed by atoms with van der Waals surface area (Å²) in [5, 5.41) is 0.691. The lowest BCUT2D eigenvalue weighted by atomic mass is 10.1. The Morgan fingerprint density at radius 3 is 2.73 bits per heavy atom. The largest absolute Gasteiger partial charge is 0.340 e. The smallest absolute Gasteiger partial charge is 0.219 e. The average Bonchev–Trinajstić information content (AvgIpc) is 3.05. The zero-order valence-electron chi connectivity index (χ0n) is 14.7. The van der Waals surface area contributed by atoms with Crippen molar-refractivity contribution in [2.24, 2.45) is 0 Å². The first-order chi connectivity index (χ1) is 12.6. The van der Waals surface area contributed by atoms with E-state index in [1.165, 1.54) is 5.56 Å². The molecule has 0 aliphatic carbocycles. The van der Waals surface area contributed by atoms with Gasteiger partial charge >= 0.3 is 0 Å². The van der Waals surface area contributed by atoms with Gasteiger partial charge in [0.1, 0.15) is 5.82 Å². The van der Waals surface area contributed by atoms with Gasteiger partial charge in [0.2, 0.25) is 5.91 Å². The Bertz CT molecular complexity index is 944. The fraction of sp³-hybridized carbons (Fsp3) is 0.300. The zero-order valence-corrected chi connectivity index (χ0v) is 15.5. The van der Waals surface area contributed by atoms with Crippen molar-refractivity contribution in [3.05, 3.63) is 59.4 Å². The Kier molecular flexibility index (Phi) is 4.66. The molecule has 0 radical (unpaired) electrons. The molecule has 0 N–H and O–H groups in total. The van der Waals surface area contributed by atoms with E-state index in [4.69, 9.17) is 11.6 Å². The normalized spacial score (nSPS) is 15.5. The molecule has 2 aromatic heterocycles. The van der Waals surface area contributed by atoms with Gasteiger partial charge in [-0.15, -0.1) is 0 Å². The Morgan fingerprint density at radius 1 is 1.15 bits per heavy atom. The third kappa shape index (κ3) is 3.45. The summed E-state index contributed by atoms with van der Waals surface area (Å²) in [4.78, 5) is 20.3. The lowest BCUT2D eigenvalue weighted by Gasteiger charge is -2.34. The molecule has 5 nitrogen and oxygen atoms in total. The van der Waals surface area contributed by atoms with E-state index in [0.717, 1.165) is 49.6 Å². The van der Waals surface area contributed by atoms with Gasteiger partial charge in [0.15, 0.2) is 0 Å². The standard InChI is InChI=1S/C20H21ClN4O/c1-15(26)24-9-7-23(8-10-24)13-16-3-2-4-17(11-16)20-22-12-19-6-5-18(21)14-25(19)20/h2-6,11-12,14H,7-10,13H2,1H3. The second-order valence-corrected chi connectivity index (χ2v) is 7.14. The van der Waals surface area contributed by atoms with Crippen LogP contribution in [0.15, 0.2) is 48.8 Å². The topological polar surface area (TPSA) is 40.9 Å². The maximum Gasteiger partial charge on any atom is 0.219 e. The summed E-state index contributed by atoms with van der Waals surface area (Å²) in [5.74, 6) is 1.06. The van der Waals surface area contributed by atoms with Crippen LogP contribution in [0.5, 0.6) is 0 Å². The van der Waals surface area contributed by atoms with Crippen LogP contribution in [0.25, 0.3) is 16.9 Å². The SMILES string of the molecule is CC(=O)N1CCN(Cc2cccc(-c3ncc4ccc(Cl)cn34)c2)CC1. The van der Waals surface area contributed by atoms with Crippen molar-refractivity contribution in [1.29, 1.82) is 0 Å². The molecule has 3 heterocycles. The van der Waals surface area contributed by atoms with Crippen molar-refractivity contribution in [2.75, 3.05) is 26.2 Å². The summed E-state index contributed by atoms with van der Waals surface area (Å²) in [6.07, 6.45) is 3.76. The summed E-state index contributed by atoms with van der Waals surface area (Å²) >= 11 is 6.15. The molecule has 0 unspecified atom stereocenters. The second kappa shape index (κ2) is 7.09. The van der Waals surface area contributed by atoms with Crippen LogP contribution in [0, 0.1) is 0 Å². The van der Waals surface area contributed by atoms with Crippen molar-refractivity contribution in [2.45, 2.75) is 13.5 Å². The number of fused-ring (bicyclic) bond motifs is 1. The predicted octanol–water partition coefficient (Wildman–Crippen LogP) is 3.32. The highest BCUT2D eigenvalue weighted by atomic mass is 35.5. The molecule has 1 aliphatic heterocycles.